The Morgan fingerprint density at radius 3 is 2.32 bits per heavy atom. The third-order valence-electron chi connectivity index (χ3n) is 4.87. The summed E-state index contributed by atoms with van der Waals surface area (Å²) in [4.78, 5) is 29.8. The number of nitrogens with one attached hydrogen (secondary N) is 1. The van der Waals surface area contributed by atoms with Gasteiger partial charge < -0.3 is 20.6 Å². The van der Waals surface area contributed by atoms with E-state index in [1.165, 1.54) is 4.68 Å². The maximum atomic E-state index is 12.2. The zero-order chi connectivity index (χ0) is 19.8. The lowest BCUT2D eigenvalue weighted by Gasteiger charge is -2.15. The van der Waals surface area contributed by atoms with Crippen molar-refractivity contribution in [1.29, 1.82) is 0 Å². The second-order valence-electron chi connectivity index (χ2n) is 6.70. The second-order valence-corrected chi connectivity index (χ2v) is 6.70. The molecule has 11 heteroatoms. The molecule has 2 aliphatic rings. The number of hydrogen-bond acceptors (Lipinski definition) is 9. The van der Waals surface area contributed by atoms with E-state index in [4.69, 9.17) is 4.84 Å². The van der Waals surface area contributed by atoms with E-state index in [2.05, 4.69) is 15.6 Å². The highest BCUT2D eigenvalue weighted by molar-refractivity contribution is 6.20. The molecule has 1 aromatic heterocycles. The molecule has 2 amide bonds. The summed E-state index contributed by atoms with van der Waals surface area (Å²) in [5.74, 6) is -1.06. The van der Waals surface area contributed by atoms with Crippen molar-refractivity contribution >= 4 is 11.8 Å². The van der Waals surface area contributed by atoms with E-state index >= 15 is 0 Å². The molecule has 3 heterocycles. The number of aliphatic hydroxyl groups is 3. The van der Waals surface area contributed by atoms with Gasteiger partial charge in [-0.2, -0.15) is 0 Å². The summed E-state index contributed by atoms with van der Waals surface area (Å²) in [5, 5.41) is 40.5. The summed E-state index contributed by atoms with van der Waals surface area (Å²) in [6, 6.07) is 5.33. The Bertz CT molecular complexity index is 867. The predicted molar refractivity (Wildman–Crippen MR) is 91.6 cm³/mol. The van der Waals surface area contributed by atoms with Gasteiger partial charge in [-0.25, -0.2) is 0 Å². The Morgan fingerprint density at radius 1 is 1.07 bits per heavy atom. The van der Waals surface area contributed by atoms with Gasteiger partial charge in [0.25, 0.3) is 11.8 Å². The largest absolute Gasteiger partial charge is 0.395 e. The normalized spacial score (nSPS) is 26.9. The molecule has 4 rings (SSSR count). The van der Waals surface area contributed by atoms with Crippen LogP contribution in [0.25, 0.3) is 0 Å². The van der Waals surface area contributed by atoms with Crippen molar-refractivity contribution in [1.82, 2.24) is 25.4 Å². The summed E-state index contributed by atoms with van der Waals surface area (Å²) in [7, 11) is 0. The molecule has 1 fully saturated rings. The quantitative estimate of drug-likeness (QED) is 0.414. The van der Waals surface area contributed by atoms with Crippen LogP contribution in [0.3, 0.4) is 0 Å². The van der Waals surface area contributed by atoms with Crippen LogP contribution < -0.4 is 5.32 Å². The van der Waals surface area contributed by atoms with E-state index in [9.17, 15) is 24.9 Å². The van der Waals surface area contributed by atoms with Crippen LogP contribution in [0, 0.1) is 0 Å². The summed E-state index contributed by atoms with van der Waals surface area (Å²) in [6.45, 7) is -0.242. The molecule has 2 aliphatic heterocycles. The number of carbonyl (C=O) groups is 2. The molecule has 0 spiro atoms. The Morgan fingerprint density at radius 2 is 1.71 bits per heavy atom. The van der Waals surface area contributed by atoms with E-state index in [1.807, 2.05) is 0 Å². The fraction of sp³-hybridized carbons (Fsp3) is 0.412. The van der Waals surface area contributed by atoms with E-state index in [1.54, 1.807) is 30.5 Å². The number of hydrogen-bond donors (Lipinski definition) is 4. The molecular weight excluding hydrogens is 370 g/mol. The van der Waals surface area contributed by atoms with Crippen LogP contribution in [-0.4, -0.2) is 78.1 Å². The van der Waals surface area contributed by atoms with E-state index < -0.39 is 36.1 Å². The summed E-state index contributed by atoms with van der Waals surface area (Å²) in [5.41, 5.74) is 0.951. The number of fused-ring (bicyclic) bond motifs is 1. The number of imide groups is 1. The molecule has 28 heavy (non-hydrogen) atoms. The maximum Gasteiger partial charge on any atom is 0.285 e. The Kier molecular flexibility index (Phi) is 4.91. The van der Waals surface area contributed by atoms with Gasteiger partial charge in [-0.15, -0.1) is 10.2 Å². The third-order valence-corrected chi connectivity index (χ3v) is 4.87. The number of amides is 2. The zero-order valence-corrected chi connectivity index (χ0v) is 14.7. The molecule has 2 aromatic rings. The van der Waals surface area contributed by atoms with Crippen LogP contribution in [0.1, 0.15) is 26.4 Å². The Balaban J connectivity index is 1.36. The monoisotopic (exact) mass is 389 g/mol. The number of rotatable bonds is 6. The fourth-order valence-corrected chi connectivity index (χ4v) is 3.38. The fourth-order valence-electron chi connectivity index (χ4n) is 3.38. The van der Waals surface area contributed by atoms with Crippen LogP contribution in [-0.2, 0) is 18.0 Å². The van der Waals surface area contributed by atoms with Crippen LogP contribution in [0.5, 0.6) is 0 Å². The number of hydroxylamine groups is 2. The van der Waals surface area contributed by atoms with Crippen LogP contribution in [0.2, 0.25) is 0 Å². The molecule has 0 saturated carbocycles. The molecule has 0 aliphatic carbocycles. The number of aromatic nitrogens is 3. The molecule has 4 N–H and O–H groups in total. The number of benzene rings is 1. The van der Waals surface area contributed by atoms with Gasteiger partial charge in [-0.1, -0.05) is 17.3 Å². The van der Waals surface area contributed by atoms with Crippen molar-refractivity contribution in [3.05, 3.63) is 47.3 Å². The molecule has 0 unspecified atom stereocenters. The van der Waals surface area contributed by atoms with Crippen LogP contribution >= 0.6 is 0 Å². The average molecular weight is 389 g/mol. The first-order chi connectivity index (χ1) is 13.5. The third kappa shape index (κ3) is 3.19. The average Bonchev–Trinajstić information content (AvgIpc) is 3.33. The van der Waals surface area contributed by atoms with Crippen molar-refractivity contribution in [3.63, 3.8) is 0 Å². The Labute approximate surface area is 159 Å². The first-order valence-electron chi connectivity index (χ1n) is 8.72. The SMILES string of the molecule is O=C1c2ccccc2C(=O)N1OCc1cn(C[C@H]2N[C@H](CO)[C@@H](O)[C@@H]2O)nn1. The van der Waals surface area contributed by atoms with Gasteiger partial charge in [0, 0.05) is 0 Å². The first-order valence-corrected chi connectivity index (χ1v) is 8.72. The van der Waals surface area contributed by atoms with E-state index in [0.29, 0.717) is 10.8 Å². The minimum Gasteiger partial charge on any atom is -0.395 e. The van der Waals surface area contributed by atoms with Gasteiger partial charge in [0.05, 0.1) is 54.8 Å². The minimum atomic E-state index is -1.07. The van der Waals surface area contributed by atoms with Crippen molar-refractivity contribution in [2.24, 2.45) is 0 Å². The molecule has 0 radical (unpaired) electrons. The van der Waals surface area contributed by atoms with E-state index in [0.717, 1.165) is 0 Å². The first kappa shape index (κ1) is 18.7. The van der Waals surface area contributed by atoms with Gasteiger partial charge in [0.2, 0.25) is 0 Å². The molecule has 148 valence electrons. The molecule has 1 saturated heterocycles. The predicted octanol–water partition coefficient (Wildman–Crippen LogP) is -1.94. The van der Waals surface area contributed by atoms with Gasteiger partial charge in [0.1, 0.15) is 12.3 Å². The lowest BCUT2D eigenvalue weighted by Crippen LogP contribution is -2.38. The highest BCUT2D eigenvalue weighted by Gasteiger charge is 2.41. The van der Waals surface area contributed by atoms with Crippen molar-refractivity contribution in [2.45, 2.75) is 37.4 Å². The molecule has 11 nitrogen and oxygen atoms in total. The number of carbonyl (C=O) groups excluding carboxylic acids is 2. The number of nitrogens with zero attached hydrogens (tertiary/aromatic N) is 4. The van der Waals surface area contributed by atoms with Crippen molar-refractivity contribution in [2.75, 3.05) is 6.61 Å². The molecule has 0 bridgehead atoms. The molecular formula is C17H19N5O6. The topological polar surface area (TPSA) is 150 Å². The summed E-state index contributed by atoms with van der Waals surface area (Å²) in [6.07, 6.45) is -0.583. The zero-order valence-electron chi connectivity index (χ0n) is 14.7. The second kappa shape index (κ2) is 7.37. The molecule has 1 aromatic carbocycles. The Hall–Kier alpha value is -2.70. The highest BCUT2D eigenvalue weighted by atomic mass is 16.7. The van der Waals surface area contributed by atoms with Gasteiger partial charge >= 0.3 is 0 Å². The number of aliphatic hydroxyl groups excluding tert-OH is 3. The maximum absolute atomic E-state index is 12.2. The van der Waals surface area contributed by atoms with Crippen LogP contribution in [0.15, 0.2) is 30.5 Å². The van der Waals surface area contributed by atoms with Crippen molar-refractivity contribution < 1.29 is 29.7 Å². The van der Waals surface area contributed by atoms with E-state index in [-0.39, 0.29) is 30.9 Å². The highest BCUT2D eigenvalue weighted by Crippen LogP contribution is 2.23. The standard InChI is InChI=1S/C17H19N5O6/c23-7-13-15(25)14(24)12(18-13)6-21-5-9(19-20-21)8-28-22-16(26)10-3-1-2-4-11(10)17(22)27/h1-5,12-15,18,23-25H,6-8H2/t12-,13-,14-,15-/m1/s1. The lowest BCUT2D eigenvalue weighted by molar-refractivity contribution is -0.102. The van der Waals surface area contributed by atoms with Gasteiger partial charge in [-0.3, -0.25) is 19.1 Å². The van der Waals surface area contributed by atoms with Gasteiger partial charge in [-0.05, 0) is 12.1 Å². The smallest absolute Gasteiger partial charge is 0.285 e. The van der Waals surface area contributed by atoms with Crippen molar-refractivity contribution in [3.8, 4) is 0 Å². The van der Waals surface area contributed by atoms with Gasteiger partial charge in [0.15, 0.2) is 0 Å². The minimum absolute atomic E-state index is 0.145. The van der Waals surface area contributed by atoms with Crippen LogP contribution in [0.4, 0.5) is 0 Å². The summed E-state index contributed by atoms with van der Waals surface area (Å²) < 4.78 is 1.44. The summed E-state index contributed by atoms with van der Waals surface area (Å²) >= 11 is 0. The lowest BCUT2D eigenvalue weighted by atomic mass is 10.1. The molecule has 4 atom stereocenters.